The van der Waals surface area contributed by atoms with Crippen LogP contribution in [0.15, 0.2) is 12.2 Å². The van der Waals surface area contributed by atoms with Gasteiger partial charge in [0.2, 0.25) is 12.1 Å². The third-order valence-corrected chi connectivity index (χ3v) is 4.96. The number of aliphatic hydroxyl groups is 2. The van der Waals surface area contributed by atoms with Gasteiger partial charge in [-0.1, -0.05) is 51.2 Å². The van der Waals surface area contributed by atoms with Crippen LogP contribution < -0.4 is 0 Å². The summed E-state index contributed by atoms with van der Waals surface area (Å²) in [6.07, 6.45) is 9.86. The van der Waals surface area contributed by atoms with E-state index < -0.39 is 40.6 Å². The van der Waals surface area contributed by atoms with Gasteiger partial charge in [-0.15, -0.1) is 0 Å². The van der Waals surface area contributed by atoms with E-state index in [4.69, 9.17) is 0 Å². The van der Waals surface area contributed by atoms with Gasteiger partial charge >= 0.3 is 0 Å². The summed E-state index contributed by atoms with van der Waals surface area (Å²) in [5, 5.41) is 42.7. The van der Waals surface area contributed by atoms with Crippen LogP contribution in [0.2, 0.25) is 0 Å². The van der Waals surface area contributed by atoms with Gasteiger partial charge in [-0.05, 0) is 32.1 Å². The summed E-state index contributed by atoms with van der Waals surface area (Å²) in [5.41, 5.74) is 0. The topological polar surface area (TPSA) is 144 Å². The normalized spacial score (nSPS) is 15.7. The predicted octanol–water partition coefficient (Wildman–Crippen LogP) is 3.37. The van der Waals surface area contributed by atoms with Crippen LogP contribution >= 0.6 is 0 Å². The molecule has 0 spiro atoms. The van der Waals surface area contributed by atoms with E-state index in [0.717, 1.165) is 19.3 Å². The molecule has 0 amide bonds. The smallest absolute Gasteiger partial charge is 0.245 e. The van der Waals surface area contributed by atoms with Crippen molar-refractivity contribution in [2.45, 2.75) is 108 Å². The van der Waals surface area contributed by atoms with Crippen molar-refractivity contribution in [1.82, 2.24) is 0 Å². The average Bonchev–Trinajstić information content (AvgIpc) is 2.66. The first-order chi connectivity index (χ1) is 13.8. The van der Waals surface area contributed by atoms with E-state index in [9.17, 15) is 35.2 Å². The number of hydrogen-bond donors (Lipinski definition) is 2. The van der Waals surface area contributed by atoms with Crippen LogP contribution in [0.3, 0.4) is 0 Å². The van der Waals surface area contributed by atoms with Crippen molar-refractivity contribution in [2.75, 3.05) is 0 Å². The first-order valence-electron chi connectivity index (χ1n) is 10.5. The highest BCUT2D eigenvalue weighted by atomic mass is 16.6. The van der Waals surface area contributed by atoms with Crippen molar-refractivity contribution in [2.24, 2.45) is 0 Å². The van der Waals surface area contributed by atoms with Gasteiger partial charge in [-0.2, -0.15) is 0 Å². The third-order valence-electron chi connectivity index (χ3n) is 4.96. The second-order valence-electron chi connectivity index (χ2n) is 7.38. The molecule has 9 nitrogen and oxygen atoms in total. The number of allylic oxidation sites excluding steroid dienone is 1. The molecule has 0 aromatic heterocycles. The fourth-order valence-electron chi connectivity index (χ4n) is 3.14. The van der Waals surface area contributed by atoms with E-state index in [1.165, 1.54) is 25.7 Å². The molecular formula is C20H35N2O7. The number of hydrogen-bond acceptors (Lipinski definition) is 7. The Morgan fingerprint density at radius 2 is 1.48 bits per heavy atom. The average molecular weight is 416 g/mol. The standard InChI is InChI=1S/C20H35N2O7/c1-2-3-4-5-6-7-8-9-10-13-19(24)17(21(26)27)16-18(22(28)29)20(25)14-11-12-15-23/h9-10,17-20,24-25H,2-8,11-14,16H2,1H3/b10-9-. The van der Waals surface area contributed by atoms with Crippen LogP contribution in [0.4, 0.5) is 0 Å². The van der Waals surface area contributed by atoms with Gasteiger partial charge in [0.25, 0.3) is 0 Å². The molecule has 2 N–H and O–H groups in total. The first-order valence-corrected chi connectivity index (χ1v) is 10.5. The molecular weight excluding hydrogens is 380 g/mol. The molecule has 0 aliphatic heterocycles. The summed E-state index contributed by atoms with van der Waals surface area (Å²) in [7, 11) is 0. The fraction of sp³-hybridized carbons (Fsp3) is 0.850. The Hall–Kier alpha value is -1.87. The van der Waals surface area contributed by atoms with Gasteiger partial charge in [0.05, 0.1) is 6.42 Å². The van der Waals surface area contributed by atoms with Crippen molar-refractivity contribution < 1.29 is 24.9 Å². The molecule has 1 radical (unpaired) electrons. The van der Waals surface area contributed by atoms with Gasteiger partial charge in [-0.3, -0.25) is 25.0 Å². The Labute approximate surface area is 172 Å². The first kappa shape index (κ1) is 27.1. The maximum absolute atomic E-state index is 11.3. The monoisotopic (exact) mass is 415 g/mol. The predicted molar refractivity (Wildman–Crippen MR) is 109 cm³/mol. The minimum atomic E-state index is -1.57. The van der Waals surface area contributed by atoms with Gasteiger partial charge in [0.1, 0.15) is 12.2 Å². The highest BCUT2D eigenvalue weighted by Crippen LogP contribution is 2.18. The molecule has 0 fully saturated rings. The molecule has 0 heterocycles. The minimum Gasteiger partial charge on any atom is -0.386 e. The number of nitro groups is 2. The lowest BCUT2D eigenvalue weighted by Gasteiger charge is -2.20. The zero-order chi connectivity index (χ0) is 22.1. The molecule has 0 aliphatic carbocycles. The molecule has 0 bridgehead atoms. The summed E-state index contributed by atoms with van der Waals surface area (Å²) in [5.74, 6) is 0. The second kappa shape index (κ2) is 17.0. The lowest BCUT2D eigenvalue weighted by atomic mass is 9.95. The zero-order valence-corrected chi connectivity index (χ0v) is 17.3. The molecule has 9 heteroatoms. The van der Waals surface area contributed by atoms with Crippen molar-refractivity contribution in [1.29, 1.82) is 0 Å². The fourth-order valence-corrected chi connectivity index (χ4v) is 3.14. The Morgan fingerprint density at radius 3 is 2.07 bits per heavy atom. The summed E-state index contributed by atoms with van der Waals surface area (Å²) in [4.78, 5) is 31.3. The van der Waals surface area contributed by atoms with E-state index >= 15 is 0 Å². The van der Waals surface area contributed by atoms with Crippen LogP contribution in [0.5, 0.6) is 0 Å². The second-order valence-corrected chi connectivity index (χ2v) is 7.38. The van der Waals surface area contributed by atoms with E-state index in [0.29, 0.717) is 0 Å². The van der Waals surface area contributed by atoms with Crippen LogP contribution in [0, 0.1) is 20.2 Å². The number of unbranched alkanes of at least 4 members (excludes halogenated alkanes) is 7. The SMILES string of the molecule is CCCCCCCC/C=C\CC(O)C(CC(C(O)CCC[C]=O)[N+](=O)[O-])[N+](=O)[O-]. The van der Waals surface area contributed by atoms with Crippen molar-refractivity contribution in [3.8, 4) is 0 Å². The molecule has 4 atom stereocenters. The highest BCUT2D eigenvalue weighted by molar-refractivity contribution is 5.50. The lowest BCUT2D eigenvalue weighted by Crippen LogP contribution is -2.43. The van der Waals surface area contributed by atoms with Gasteiger partial charge in [0, 0.05) is 16.3 Å². The third kappa shape index (κ3) is 13.1. The van der Waals surface area contributed by atoms with E-state index in [1.54, 1.807) is 12.4 Å². The van der Waals surface area contributed by atoms with E-state index in [-0.39, 0.29) is 25.7 Å². The largest absolute Gasteiger partial charge is 0.386 e. The maximum atomic E-state index is 11.3. The summed E-state index contributed by atoms with van der Waals surface area (Å²) in [6.45, 7) is 2.16. The number of carbonyl (C=O) groups excluding carboxylic acids is 1. The molecule has 0 aromatic rings. The van der Waals surface area contributed by atoms with Crippen LogP contribution in [-0.4, -0.2) is 50.6 Å². The van der Waals surface area contributed by atoms with Gasteiger partial charge < -0.3 is 10.2 Å². The van der Waals surface area contributed by atoms with Gasteiger partial charge in [0.15, 0.2) is 6.29 Å². The summed E-state index contributed by atoms with van der Waals surface area (Å²) in [6, 6.07) is -3.12. The molecule has 29 heavy (non-hydrogen) atoms. The molecule has 0 saturated carbocycles. The number of nitrogens with zero attached hydrogens (tertiary/aromatic N) is 2. The lowest BCUT2D eigenvalue weighted by molar-refractivity contribution is -0.573. The number of aliphatic hydroxyl groups excluding tert-OH is 2. The van der Waals surface area contributed by atoms with Crippen LogP contribution in [0.25, 0.3) is 0 Å². The van der Waals surface area contributed by atoms with Crippen molar-refractivity contribution >= 4 is 6.29 Å². The van der Waals surface area contributed by atoms with Gasteiger partial charge in [-0.25, -0.2) is 0 Å². The Balaban J connectivity index is 4.53. The van der Waals surface area contributed by atoms with E-state index in [2.05, 4.69) is 6.92 Å². The van der Waals surface area contributed by atoms with Crippen molar-refractivity contribution in [3.63, 3.8) is 0 Å². The molecule has 167 valence electrons. The zero-order valence-electron chi connectivity index (χ0n) is 17.3. The molecule has 0 rings (SSSR count). The Bertz CT molecular complexity index is 499. The molecule has 0 saturated heterocycles. The molecule has 0 aliphatic rings. The maximum Gasteiger partial charge on any atom is 0.245 e. The minimum absolute atomic E-state index is 0.0282. The number of rotatable bonds is 19. The summed E-state index contributed by atoms with van der Waals surface area (Å²) >= 11 is 0. The molecule has 4 unspecified atom stereocenters. The highest BCUT2D eigenvalue weighted by Gasteiger charge is 2.40. The van der Waals surface area contributed by atoms with Crippen LogP contribution in [0.1, 0.15) is 84.0 Å². The summed E-state index contributed by atoms with van der Waals surface area (Å²) < 4.78 is 0. The Kier molecular flexibility index (Phi) is 15.9. The van der Waals surface area contributed by atoms with E-state index in [1.807, 2.05) is 6.08 Å². The van der Waals surface area contributed by atoms with Crippen molar-refractivity contribution in [3.05, 3.63) is 32.4 Å². The van der Waals surface area contributed by atoms with Crippen LogP contribution in [-0.2, 0) is 4.79 Å². The Morgan fingerprint density at radius 1 is 0.897 bits per heavy atom. The molecule has 0 aromatic carbocycles. The quantitative estimate of drug-likeness (QED) is 0.142.